The molecule has 2 heterocycles. The number of methoxy groups -OCH3 is 1. The fraction of sp³-hybridized carbons (Fsp3) is 0.950. The fourth-order valence-corrected chi connectivity index (χ4v) is 3.91. The van der Waals surface area contributed by atoms with Crippen LogP contribution in [0, 0.1) is 5.92 Å². The molecule has 0 unspecified atom stereocenters. The van der Waals surface area contributed by atoms with Crippen molar-refractivity contribution in [2.45, 2.75) is 58.5 Å². The van der Waals surface area contributed by atoms with Crippen molar-refractivity contribution >= 4 is 29.9 Å². The first kappa shape index (κ1) is 24.9. The lowest BCUT2D eigenvalue weighted by Gasteiger charge is -2.35. The highest BCUT2D eigenvalue weighted by atomic mass is 127. The maximum absolute atomic E-state index is 5.19. The molecule has 2 rings (SSSR count). The minimum absolute atomic E-state index is 0. The quantitative estimate of drug-likeness (QED) is 0.308. The van der Waals surface area contributed by atoms with Gasteiger partial charge in [-0.15, -0.1) is 24.0 Å². The molecular formula is C20H42IN5O. The zero-order chi connectivity index (χ0) is 18.8. The highest BCUT2D eigenvalue weighted by Gasteiger charge is 2.22. The highest BCUT2D eigenvalue weighted by Crippen LogP contribution is 2.17. The van der Waals surface area contributed by atoms with E-state index in [0.29, 0.717) is 18.0 Å². The molecule has 0 saturated carbocycles. The van der Waals surface area contributed by atoms with Gasteiger partial charge >= 0.3 is 0 Å². The number of rotatable bonds is 8. The molecule has 0 spiro atoms. The molecule has 2 aliphatic rings. The predicted molar refractivity (Wildman–Crippen MR) is 125 cm³/mol. The van der Waals surface area contributed by atoms with Gasteiger partial charge in [0.05, 0.1) is 6.61 Å². The van der Waals surface area contributed by atoms with Gasteiger partial charge in [0.25, 0.3) is 0 Å². The number of hydrogen-bond acceptors (Lipinski definition) is 4. The van der Waals surface area contributed by atoms with Crippen LogP contribution >= 0.6 is 24.0 Å². The molecule has 2 saturated heterocycles. The Labute approximate surface area is 183 Å². The summed E-state index contributed by atoms with van der Waals surface area (Å²) in [7, 11) is 1.78. The van der Waals surface area contributed by atoms with Gasteiger partial charge in [-0.05, 0) is 65.5 Å². The SMILES string of the molecule is CCNC(=NCC1CCN(CCOC)CC1)NC1CCN(C(C)C)CC1.I. The first-order valence-electron chi connectivity index (χ1n) is 10.6. The van der Waals surface area contributed by atoms with E-state index in [-0.39, 0.29) is 24.0 Å². The van der Waals surface area contributed by atoms with Crippen molar-refractivity contribution in [3.05, 3.63) is 0 Å². The molecule has 0 amide bonds. The third kappa shape index (κ3) is 9.28. The number of aliphatic imine (C=N–C) groups is 1. The Hall–Kier alpha value is -0.120. The van der Waals surface area contributed by atoms with E-state index in [0.717, 1.165) is 32.2 Å². The summed E-state index contributed by atoms with van der Waals surface area (Å²) in [5, 5.41) is 7.12. The zero-order valence-corrected chi connectivity index (χ0v) is 20.2. The molecule has 0 aromatic carbocycles. The number of piperidine rings is 2. The third-order valence-electron chi connectivity index (χ3n) is 5.77. The number of likely N-dealkylation sites (tertiary alicyclic amines) is 2. The van der Waals surface area contributed by atoms with Gasteiger partial charge < -0.3 is 25.2 Å². The van der Waals surface area contributed by atoms with Crippen LogP contribution in [0.2, 0.25) is 0 Å². The van der Waals surface area contributed by atoms with Crippen molar-refractivity contribution in [2.24, 2.45) is 10.9 Å². The van der Waals surface area contributed by atoms with E-state index in [9.17, 15) is 0 Å². The van der Waals surface area contributed by atoms with Crippen molar-refractivity contribution in [3.63, 3.8) is 0 Å². The number of ether oxygens (including phenoxy) is 1. The first-order valence-corrected chi connectivity index (χ1v) is 10.6. The van der Waals surface area contributed by atoms with E-state index in [1.807, 2.05) is 0 Å². The maximum Gasteiger partial charge on any atom is 0.191 e. The number of halogens is 1. The minimum atomic E-state index is 0. The molecule has 0 radical (unpaired) electrons. The molecule has 2 aliphatic heterocycles. The van der Waals surface area contributed by atoms with Gasteiger partial charge in [-0.1, -0.05) is 0 Å². The Bertz CT molecular complexity index is 405. The summed E-state index contributed by atoms with van der Waals surface area (Å²) in [5.74, 6) is 1.73. The Morgan fingerprint density at radius 3 is 2.33 bits per heavy atom. The van der Waals surface area contributed by atoms with Crippen molar-refractivity contribution in [1.82, 2.24) is 20.4 Å². The van der Waals surface area contributed by atoms with E-state index in [1.165, 1.54) is 51.9 Å². The van der Waals surface area contributed by atoms with Gasteiger partial charge in [0.15, 0.2) is 5.96 Å². The van der Waals surface area contributed by atoms with Crippen LogP contribution in [-0.2, 0) is 4.74 Å². The lowest BCUT2D eigenvalue weighted by molar-refractivity contribution is 0.121. The fourth-order valence-electron chi connectivity index (χ4n) is 3.91. The third-order valence-corrected chi connectivity index (χ3v) is 5.77. The highest BCUT2D eigenvalue weighted by molar-refractivity contribution is 14.0. The van der Waals surface area contributed by atoms with Crippen LogP contribution in [0.5, 0.6) is 0 Å². The standard InChI is InChI=1S/C20H41N5O.HI/c1-5-21-20(23-19-8-12-25(13-9-19)17(2)3)22-16-18-6-10-24(11-7-18)14-15-26-4;/h17-19H,5-16H2,1-4H3,(H2,21,22,23);1H. The van der Waals surface area contributed by atoms with E-state index in [4.69, 9.17) is 9.73 Å². The molecular weight excluding hydrogens is 453 g/mol. The normalized spacial score (nSPS) is 21.3. The maximum atomic E-state index is 5.19. The van der Waals surface area contributed by atoms with E-state index in [2.05, 4.69) is 41.2 Å². The summed E-state index contributed by atoms with van der Waals surface area (Å²) in [4.78, 5) is 9.99. The van der Waals surface area contributed by atoms with Crippen LogP contribution in [0.15, 0.2) is 4.99 Å². The van der Waals surface area contributed by atoms with Crippen molar-refractivity contribution in [2.75, 3.05) is 59.5 Å². The van der Waals surface area contributed by atoms with Crippen LogP contribution in [-0.4, -0.2) is 87.4 Å². The first-order chi connectivity index (χ1) is 12.6. The summed E-state index contributed by atoms with van der Waals surface area (Å²) in [5.41, 5.74) is 0. The summed E-state index contributed by atoms with van der Waals surface area (Å²) in [6.07, 6.45) is 4.92. The van der Waals surface area contributed by atoms with Crippen molar-refractivity contribution in [1.29, 1.82) is 0 Å². The molecule has 7 heteroatoms. The summed E-state index contributed by atoms with van der Waals surface area (Å²) in [6, 6.07) is 1.21. The Kier molecular flexibility index (Phi) is 12.9. The molecule has 0 aromatic heterocycles. The van der Waals surface area contributed by atoms with E-state index in [1.54, 1.807) is 7.11 Å². The topological polar surface area (TPSA) is 52.1 Å². The number of nitrogens with one attached hydrogen (secondary N) is 2. The summed E-state index contributed by atoms with van der Waals surface area (Å²) < 4.78 is 5.19. The van der Waals surface area contributed by atoms with Crippen LogP contribution in [0.1, 0.15) is 46.5 Å². The monoisotopic (exact) mass is 495 g/mol. The van der Waals surface area contributed by atoms with Crippen molar-refractivity contribution < 1.29 is 4.74 Å². The van der Waals surface area contributed by atoms with Crippen molar-refractivity contribution in [3.8, 4) is 0 Å². The second-order valence-electron chi connectivity index (χ2n) is 8.05. The number of hydrogen-bond donors (Lipinski definition) is 2. The molecule has 160 valence electrons. The lowest BCUT2D eigenvalue weighted by Crippen LogP contribution is -2.50. The molecule has 0 atom stereocenters. The molecule has 0 aromatic rings. The molecule has 27 heavy (non-hydrogen) atoms. The average molecular weight is 495 g/mol. The smallest absolute Gasteiger partial charge is 0.191 e. The molecule has 0 bridgehead atoms. The average Bonchev–Trinajstić information content (AvgIpc) is 2.66. The van der Waals surface area contributed by atoms with Gasteiger partial charge in [-0.2, -0.15) is 0 Å². The largest absolute Gasteiger partial charge is 0.383 e. The second-order valence-corrected chi connectivity index (χ2v) is 8.05. The molecule has 0 aliphatic carbocycles. The van der Waals surface area contributed by atoms with Crippen LogP contribution in [0.4, 0.5) is 0 Å². The minimum Gasteiger partial charge on any atom is -0.383 e. The molecule has 6 nitrogen and oxygen atoms in total. The van der Waals surface area contributed by atoms with Gasteiger partial charge in [0.2, 0.25) is 0 Å². The summed E-state index contributed by atoms with van der Waals surface area (Å²) >= 11 is 0. The van der Waals surface area contributed by atoms with Crippen LogP contribution in [0.3, 0.4) is 0 Å². The molecule has 2 N–H and O–H groups in total. The predicted octanol–water partition coefficient (Wildman–Crippen LogP) is 2.39. The van der Waals surface area contributed by atoms with Gasteiger partial charge in [-0.3, -0.25) is 4.99 Å². The Balaban J connectivity index is 0.00000364. The second kappa shape index (κ2) is 14.0. The van der Waals surface area contributed by atoms with Gasteiger partial charge in [0, 0.05) is 51.9 Å². The van der Waals surface area contributed by atoms with Crippen LogP contribution < -0.4 is 10.6 Å². The lowest BCUT2D eigenvalue weighted by atomic mass is 9.97. The molecule has 2 fully saturated rings. The number of guanidine groups is 1. The van der Waals surface area contributed by atoms with E-state index < -0.39 is 0 Å². The van der Waals surface area contributed by atoms with E-state index >= 15 is 0 Å². The number of nitrogens with zero attached hydrogens (tertiary/aromatic N) is 3. The van der Waals surface area contributed by atoms with Gasteiger partial charge in [-0.25, -0.2) is 0 Å². The summed E-state index contributed by atoms with van der Waals surface area (Å²) in [6.45, 7) is 15.2. The Morgan fingerprint density at radius 2 is 1.78 bits per heavy atom. The zero-order valence-electron chi connectivity index (χ0n) is 17.9. The Morgan fingerprint density at radius 1 is 1.11 bits per heavy atom. The van der Waals surface area contributed by atoms with Crippen LogP contribution in [0.25, 0.3) is 0 Å². The van der Waals surface area contributed by atoms with Gasteiger partial charge in [0.1, 0.15) is 0 Å².